The van der Waals surface area contributed by atoms with Gasteiger partial charge in [-0.25, -0.2) is 8.42 Å². The molecule has 8 nitrogen and oxygen atoms in total. The van der Waals surface area contributed by atoms with Gasteiger partial charge in [0, 0.05) is 22.6 Å². The van der Waals surface area contributed by atoms with Gasteiger partial charge in [0.25, 0.3) is 10.0 Å². The summed E-state index contributed by atoms with van der Waals surface area (Å²) in [5.41, 5.74) is 0.991. The third kappa shape index (κ3) is 8.70. The van der Waals surface area contributed by atoms with Crippen molar-refractivity contribution in [3.8, 4) is 5.75 Å². The van der Waals surface area contributed by atoms with Gasteiger partial charge in [-0.15, -0.1) is 0 Å². The molecule has 0 aliphatic carbocycles. The van der Waals surface area contributed by atoms with Gasteiger partial charge in [-0.05, 0) is 73.9 Å². The van der Waals surface area contributed by atoms with E-state index in [0.717, 1.165) is 14.3 Å². The smallest absolute Gasteiger partial charge is 0.264 e. The van der Waals surface area contributed by atoms with E-state index in [0.29, 0.717) is 23.9 Å². The minimum atomic E-state index is -4.25. The predicted molar refractivity (Wildman–Crippen MR) is 166 cm³/mol. The number of halogens is 2. The van der Waals surface area contributed by atoms with Crippen molar-refractivity contribution in [1.82, 2.24) is 10.2 Å². The van der Waals surface area contributed by atoms with E-state index in [1.807, 2.05) is 38.1 Å². The van der Waals surface area contributed by atoms with Gasteiger partial charge >= 0.3 is 0 Å². The maximum atomic E-state index is 14.1. The lowest BCUT2D eigenvalue weighted by Gasteiger charge is -2.32. The van der Waals surface area contributed by atoms with E-state index >= 15 is 0 Å². The Bertz CT molecular complexity index is 1430. The Labute approximate surface area is 255 Å². The molecule has 2 amide bonds. The van der Waals surface area contributed by atoms with Crippen LogP contribution in [0.25, 0.3) is 0 Å². The molecule has 0 aliphatic rings. The molecule has 0 heterocycles. The summed E-state index contributed by atoms with van der Waals surface area (Å²) in [6, 6.07) is 18.9. The summed E-state index contributed by atoms with van der Waals surface area (Å²) in [7, 11) is -4.25. The summed E-state index contributed by atoms with van der Waals surface area (Å²) in [5.74, 6) is -0.352. The zero-order valence-electron chi connectivity index (χ0n) is 23.5. The van der Waals surface area contributed by atoms with Crippen molar-refractivity contribution in [2.75, 3.05) is 24.0 Å². The van der Waals surface area contributed by atoms with Crippen molar-refractivity contribution >= 4 is 55.1 Å². The van der Waals surface area contributed by atoms with E-state index in [4.69, 9.17) is 16.3 Å². The van der Waals surface area contributed by atoms with Crippen LogP contribution < -0.4 is 14.4 Å². The molecule has 0 saturated carbocycles. The van der Waals surface area contributed by atoms with Gasteiger partial charge in [0.05, 0.1) is 17.2 Å². The predicted octanol–water partition coefficient (Wildman–Crippen LogP) is 5.89. The number of carbonyl (C=O) groups is 2. The summed E-state index contributed by atoms with van der Waals surface area (Å²) >= 11 is 9.43. The fourth-order valence-electron chi connectivity index (χ4n) is 4.01. The Morgan fingerprint density at radius 3 is 2.22 bits per heavy atom. The molecule has 11 heteroatoms. The molecular formula is C30H35BrClN3O5S. The van der Waals surface area contributed by atoms with E-state index in [2.05, 4.69) is 21.2 Å². The van der Waals surface area contributed by atoms with Gasteiger partial charge < -0.3 is 15.0 Å². The Morgan fingerprint density at radius 1 is 0.976 bits per heavy atom. The Balaban J connectivity index is 2.06. The van der Waals surface area contributed by atoms with Crippen LogP contribution in [-0.4, -0.2) is 50.9 Å². The highest BCUT2D eigenvalue weighted by molar-refractivity contribution is 9.10. The molecule has 1 N–H and O–H groups in total. The van der Waals surface area contributed by atoms with Crippen molar-refractivity contribution in [1.29, 1.82) is 0 Å². The first kappa shape index (κ1) is 32.4. The van der Waals surface area contributed by atoms with Gasteiger partial charge in [-0.3, -0.25) is 13.9 Å². The van der Waals surface area contributed by atoms with Gasteiger partial charge in [-0.2, -0.15) is 0 Å². The highest BCUT2D eigenvalue weighted by Gasteiger charge is 2.33. The normalized spacial score (nSPS) is 12.1. The van der Waals surface area contributed by atoms with Crippen molar-refractivity contribution < 1.29 is 22.7 Å². The van der Waals surface area contributed by atoms with Crippen molar-refractivity contribution in [3.63, 3.8) is 0 Å². The maximum Gasteiger partial charge on any atom is 0.264 e. The topological polar surface area (TPSA) is 96.0 Å². The van der Waals surface area contributed by atoms with Crippen molar-refractivity contribution in [3.05, 3.63) is 87.9 Å². The summed E-state index contributed by atoms with van der Waals surface area (Å²) in [6.45, 7) is 7.66. The SMILES string of the molecule is CCOc1ccccc1N(CC(=O)N(Cc1ccc(Br)cc1)[C@H](C)C(=O)NCC(C)C)S(=O)(=O)c1ccc(Cl)cc1. The summed E-state index contributed by atoms with van der Waals surface area (Å²) in [5, 5.41) is 3.26. The van der Waals surface area contributed by atoms with Gasteiger partial charge in [0.2, 0.25) is 11.8 Å². The second-order valence-corrected chi connectivity index (χ2v) is 13.0. The van der Waals surface area contributed by atoms with Crippen LogP contribution in [0, 0.1) is 5.92 Å². The van der Waals surface area contributed by atoms with Crippen LogP contribution in [0.4, 0.5) is 5.69 Å². The quantitative estimate of drug-likeness (QED) is 0.246. The maximum absolute atomic E-state index is 14.1. The van der Waals surface area contributed by atoms with E-state index in [1.165, 1.54) is 29.2 Å². The van der Waals surface area contributed by atoms with Crippen LogP contribution in [0.1, 0.15) is 33.3 Å². The number of anilines is 1. The minimum Gasteiger partial charge on any atom is -0.492 e. The Kier molecular flexibility index (Phi) is 11.6. The Morgan fingerprint density at radius 2 is 1.61 bits per heavy atom. The molecule has 0 spiro atoms. The van der Waals surface area contributed by atoms with Gasteiger partial charge in [0.1, 0.15) is 18.3 Å². The number of hydrogen-bond acceptors (Lipinski definition) is 5. The molecular weight excluding hydrogens is 630 g/mol. The van der Waals surface area contributed by atoms with E-state index in [-0.39, 0.29) is 29.0 Å². The molecule has 220 valence electrons. The van der Waals surface area contributed by atoms with Crippen molar-refractivity contribution in [2.24, 2.45) is 5.92 Å². The van der Waals surface area contributed by atoms with Crippen LogP contribution in [0.5, 0.6) is 5.75 Å². The number of carbonyl (C=O) groups excluding carboxylic acids is 2. The Hall–Kier alpha value is -3.08. The average Bonchev–Trinajstić information content (AvgIpc) is 2.94. The number of hydrogen-bond donors (Lipinski definition) is 1. The summed E-state index contributed by atoms with van der Waals surface area (Å²) in [6.07, 6.45) is 0. The third-order valence-electron chi connectivity index (χ3n) is 6.23. The number of sulfonamides is 1. The molecule has 1 atom stereocenters. The molecule has 0 unspecified atom stereocenters. The summed E-state index contributed by atoms with van der Waals surface area (Å²) in [4.78, 5) is 28.5. The molecule has 3 aromatic carbocycles. The van der Waals surface area contributed by atoms with Crippen molar-refractivity contribution in [2.45, 2.75) is 45.2 Å². The largest absolute Gasteiger partial charge is 0.492 e. The average molecular weight is 665 g/mol. The number of para-hydroxylation sites is 2. The fourth-order valence-corrected chi connectivity index (χ4v) is 5.82. The monoisotopic (exact) mass is 663 g/mol. The van der Waals surface area contributed by atoms with Crippen LogP contribution >= 0.6 is 27.5 Å². The second-order valence-electron chi connectivity index (χ2n) is 9.83. The standard InChI is InChI=1S/C30H35BrClN3O5S/c1-5-40-28-9-7-6-8-27(28)35(41(38,39)26-16-14-25(32)15-17-26)20-29(36)34(19-23-10-12-24(31)13-11-23)22(4)30(37)33-18-21(2)3/h6-17,21-22H,5,18-20H2,1-4H3,(H,33,37)/t22-/m1/s1. The van der Waals surface area contributed by atoms with E-state index in [9.17, 15) is 18.0 Å². The lowest BCUT2D eigenvalue weighted by molar-refractivity contribution is -0.139. The third-order valence-corrected chi connectivity index (χ3v) is 8.79. The van der Waals surface area contributed by atoms with Crippen LogP contribution in [0.2, 0.25) is 5.02 Å². The number of amides is 2. The van der Waals surface area contributed by atoms with E-state index in [1.54, 1.807) is 38.1 Å². The molecule has 0 aliphatic heterocycles. The minimum absolute atomic E-state index is 0.0387. The van der Waals surface area contributed by atoms with Crippen LogP contribution in [0.15, 0.2) is 82.2 Å². The molecule has 0 fully saturated rings. The molecule has 41 heavy (non-hydrogen) atoms. The van der Waals surface area contributed by atoms with Crippen LogP contribution in [-0.2, 0) is 26.2 Å². The molecule has 0 saturated heterocycles. The molecule has 0 aromatic heterocycles. The second kappa shape index (κ2) is 14.7. The molecule has 0 bridgehead atoms. The fraction of sp³-hybridized carbons (Fsp3) is 0.333. The summed E-state index contributed by atoms with van der Waals surface area (Å²) < 4.78 is 35.6. The zero-order valence-corrected chi connectivity index (χ0v) is 26.7. The first-order valence-electron chi connectivity index (χ1n) is 13.3. The molecule has 3 aromatic rings. The first-order valence-corrected chi connectivity index (χ1v) is 15.9. The number of nitrogens with one attached hydrogen (secondary N) is 1. The van der Waals surface area contributed by atoms with Crippen LogP contribution in [0.3, 0.4) is 0 Å². The molecule has 0 radical (unpaired) electrons. The van der Waals surface area contributed by atoms with Gasteiger partial charge in [-0.1, -0.05) is 65.6 Å². The van der Waals surface area contributed by atoms with Gasteiger partial charge in [0.15, 0.2) is 0 Å². The first-order chi connectivity index (χ1) is 19.4. The lowest BCUT2D eigenvalue weighted by atomic mass is 10.1. The number of benzene rings is 3. The lowest BCUT2D eigenvalue weighted by Crippen LogP contribution is -2.51. The molecule has 3 rings (SSSR count). The number of rotatable bonds is 13. The highest BCUT2D eigenvalue weighted by atomic mass is 79.9. The highest BCUT2D eigenvalue weighted by Crippen LogP contribution is 2.33. The zero-order chi connectivity index (χ0) is 30.2. The number of ether oxygens (including phenoxy) is 1. The number of nitrogens with zero attached hydrogens (tertiary/aromatic N) is 2. The van der Waals surface area contributed by atoms with E-state index < -0.39 is 28.5 Å².